The average molecular weight is 487 g/mol. The standard InChI is InChI=1S/C24H27ClN4O3S/c1-2-3-12-29(22(30)17-8-6-9-18(25)15-17)21-23(28-13-5-4-11-20(28)27-21)32-24(31)26-16-19-10-7-14-33-19/h6-10,14-15H,2-5,11-13,16H2,1H3,(H,26,31). The SMILES string of the molecule is CCCCN(C(=O)c1cccc(Cl)c1)c1nc2n(c1OC(=O)NCc1cccs1)CCCC2. The van der Waals surface area contributed by atoms with E-state index in [2.05, 4.69) is 12.2 Å². The van der Waals surface area contributed by atoms with Crippen LogP contribution < -0.4 is 15.0 Å². The van der Waals surface area contributed by atoms with Gasteiger partial charge in [0.1, 0.15) is 5.82 Å². The third kappa shape index (κ3) is 5.57. The van der Waals surface area contributed by atoms with E-state index >= 15 is 0 Å². The highest BCUT2D eigenvalue weighted by Crippen LogP contribution is 2.34. The molecule has 1 aliphatic heterocycles. The van der Waals surface area contributed by atoms with E-state index in [-0.39, 0.29) is 5.91 Å². The zero-order chi connectivity index (χ0) is 23.2. The minimum atomic E-state index is -0.566. The predicted octanol–water partition coefficient (Wildman–Crippen LogP) is 5.67. The van der Waals surface area contributed by atoms with Gasteiger partial charge in [-0.25, -0.2) is 9.78 Å². The maximum Gasteiger partial charge on any atom is 0.414 e. The van der Waals surface area contributed by atoms with Crippen LogP contribution in [-0.2, 0) is 19.5 Å². The van der Waals surface area contributed by atoms with Gasteiger partial charge in [-0.05, 0) is 48.9 Å². The predicted molar refractivity (Wildman–Crippen MR) is 130 cm³/mol. The second-order valence-electron chi connectivity index (χ2n) is 7.91. The van der Waals surface area contributed by atoms with Crippen LogP contribution in [-0.4, -0.2) is 28.1 Å². The van der Waals surface area contributed by atoms with Crippen molar-refractivity contribution in [1.82, 2.24) is 14.9 Å². The number of nitrogens with zero attached hydrogens (tertiary/aromatic N) is 3. The number of carbonyl (C=O) groups is 2. The third-order valence-electron chi connectivity index (χ3n) is 5.50. The maximum absolute atomic E-state index is 13.5. The largest absolute Gasteiger partial charge is 0.414 e. The Morgan fingerprint density at radius 3 is 2.91 bits per heavy atom. The lowest BCUT2D eigenvalue weighted by molar-refractivity contribution is 0.0984. The molecule has 0 fully saturated rings. The number of carbonyl (C=O) groups excluding carboxylic acids is 2. The summed E-state index contributed by atoms with van der Waals surface area (Å²) in [6.07, 6.45) is 3.89. The number of halogens is 1. The van der Waals surface area contributed by atoms with E-state index in [4.69, 9.17) is 21.3 Å². The number of ether oxygens (including phenoxy) is 1. The van der Waals surface area contributed by atoms with Crippen molar-refractivity contribution in [1.29, 1.82) is 0 Å². The van der Waals surface area contributed by atoms with Crippen molar-refractivity contribution in [2.24, 2.45) is 0 Å². The first-order valence-corrected chi connectivity index (χ1v) is 12.5. The molecule has 0 spiro atoms. The first-order valence-electron chi connectivity index (χ1n) is 11.2. The van der Waals surface area contributed by atoms with Gasteiger partial charge in [-0.3, -0.25) is 14.3 Å². The molecule has 0 atom stereocenters. The van der Waals surface area contributed by atoms with Crippen LogP contribution in [0.2, 0.25) is 5.02 Å². The Balaban J connectivity index is 1.65. The molecule has 3 aromatic rings. The van der Waals surface area contributed by atoms with E-state index in [1.54, 1.807) is 40.5 Å². The Bertz CT molecular complexity index is 1110. The zero-order valence-corrected chi connectivity index (χ0v) is 20.1. The molecule has 33 heavy (non-hydrogen) atoms. The smallest absolute Gasteiger partial charge is 0.389 e. The van der Waals surface area contributed by atoms with Gasteiger partial charge < -0.3 is 10.1 Å². The fraction of sp³-hybridized carbons (Fsp3) is 0.375. The van der Waals surface area contributed by atoms with Gasteiger partial charge in [0, 0.05) is 35.0 Å². The number of nitrogens with one attached hydrogen (secondary N) is 1. The van der Waals surface area contributed by atoms with Gasteiger partial charge in [-0.15, -0.1) is 11.3 Å². The fourth-order valence-corrected chi connectivity index (χ4v) is 4.65. The number of benzene rings is 1. The topological polar surface area (TPSA) is 76.5 Å². The highest BCUT2D eigenvalue weighted by Gasteiger charge is 2.30. The van der Waals surface area contributed by atoms with Gasteiger partial charge in [0.15, 0.2) is 5.82 Å². The molecule has 0 aliphatic carbocycles. The molecule has 0 bridgehead atoms. The number of hydrogen-bond donors (Lipinski definition) is 1. The number of fused-ring (bicyclic) bond motifs is 1. The van der Waals surface area contributed by atoms with E-state index in [9.17, 15) is 9.59 Å². The Hall–Kier alpha value is -2.84. The molecule has 0 saturated carbocycles. The number of aromatic nitrogens is 2. The number of unbranched alkanes of at least 4 members (excludes halogenated alkanes) is 1. The van der Waals surface area contributed by atoms with Crippen LogP contribution in [0.3, 0.4) is 0 Å². The molecule has 4 rings (SSSR count). The normalized spacial score (nSPS) is 12.8. The van der Waals surface area contributed by atoms with Crippen molar-refractivity contribution in [3.63, 3.8) is 0 Å². The van der Waals surface area contributed by atoms with Gasteiger partial charge in [-0.1, -0.05) is 37.1 Å². The van der Waals surface area contributed by atoms with E-state index in [0.29, 0.717) is 41.9 Å². The number of hydrogen-bond acceptors (Lipinski definition) is 5. The molecule has 3 heterocycles. The lowest BCUT2D eigenvalue weighted by atomic mass is 10.2. The van der Waals surface area contributed by atoms with E-state index < -0.39 is 6.09 Å². The summed E-state index contributed by atoms with van der Waals surface area (Å²) in [5, 5.41) is 5.24. The molecule has 2 aromatic heterocycles. The number of rotatable bonds is 8. The van der Waals surface area contributed by atoms with Crippen molar-refractivity contribution < 1.29 is 14.3 Å². The van der Waals surface area contributed by atoms with Crippen molar-refractivity contribution in [2.75, 3.05) is 11.4 Å². The van der Waals surface area contributed by atoms with Crippen LogP contribution in [0, 0.1) is 0 Å². The molecule has 1 N–H and O–H groups in total. The van der Waals surface area contributed by atoms with E-state index in [0.717, 1.165) is 42.8 Å². The summed E-state index contributed by atoms with van der Waals surface area (Å²) in [6.45, 7) is 3.61. The number of imidazole rings is 1. The van der Waals surface area contributed by atoms with Gasteiger partial charge in [0.05, 0.1) is 6.54 Å². The summed E-state index contributed by atoms with van der Waals surface area (Å²) in [7, 11) is 0. The molecule has 0 saturated heterocycles. The van der Waals surface area contributed by atoms with Crippen molar-refractivity contribution in [2.45, 2.75) is 52.1 Å². The summed E-state index contributed by atoms with van der Waals surface area (Å²) in [5.74, 6) is 1.32. The van der Waals surface area contributed by atoms with Crippen LogP contribution in [0.5, 0.6) is 5.88 Å². The molecule has 174 valence electrons. The molecular weight excluding hydrogens is 460 g/mol. The minimum Gasteiger partial charge on any atom is -0.389 e. The zero-order valence-electron chi connectivity index (χ0n) is 18.6. The first-order chi connectivity index (χ1) is 16.1. The first kappa shape index (κ1) is 23.3. The van der Waals surface area contributed by atoms with Crippen LogP contribution in [0.1, 0.15) is 53.7 Å². The second-order valence-corrected chi connectivity index (χ2v) is 9.38. The van der Waals surface area contributed by atoms with E-state index in [1.165, 1.54) is 0 Å². The van der Waals surface area contributed by atoms with Crippen LogP contribution in [0.4, 0.5) is 10.6 Å². The Morgan fingerprint density at radius 1 is 1.27 bits per heavy atom. The number of anilines is 1. The minimum absolute atomic E-state index is 0.217. The number of amides is 2. The number of thiophene rings is 1. The quantitative estimate of drug-likeness (QED) is 0.445. The highest BCUT2D eigenvalue weighted by molar-refractivity contribution is 7.09. The third-order valence-corrected chi connectivity index (χ3v) is 6.61. The van der Waals surface area contributed by atoms with Gasteiger partial charge in [0.2, 0.25) is 5.88 Å². The summed E-state index contributed by atoms with van der Waals surface area (Å²) in [6, 6.07) is 10.8. The summed E-state index contributed by atoms with van der Waals surface area (Å²) < 4.78 is 7.71. The Kier molecular flexibility index (Phi) is 7.67. The molecule has 7 nitrogen and oxygen atoms in total. The molecule has 0 radical (unpaired) electrons. The van der Waals surface area contributed by atoms with Crippen molar-refractivity contribution >= 4 is 40.8 Å². The molecule has 0 unspecified atom stereocenters. The maximum atomic E-state index is 13.5. The monoisotopic (exact) mass is 486 g/mol. The van der Waals surface area contributed by atoms with Crippen LogP contribution in [0.15, 0.2) is 41.8 Å². The highest BCUT2D eigenvalue weighted by atomic mass is 35.5. The number of aryl methyl sites for hydroxylation is 1. The van der Waals surface area contributed by atoms with Crippen LogP contribution >= 0.6 is 22.9 Å². The summed E-state index contributed by atoms with van der Waals surface area (Å²) in [5.41, 5.74) is 0.470. The molecular formula is C24H27ClN4O3S. The Morgan fingerprint density at radius 2 is 2.15 bits per heavy atom. The van der Waals surface area contributed by atoms with E-state index in [1.807, 2.05) is 22.1 Å². The molecule has 2 amide bonds. The average Bonchev–Trinajstić information content (AvgIpc) is 3.46. The lowest BCUT2D eigenvalue weighted by Gasteiger charge is -2.22. The second kappa shape index (κ2) is 10.9. The fourth-order valence-electron chi connectivity index (χ4n) is 3.81. The summed E-state index contributed by atoms with van der Waals surface area (Å²) in [4.78, 5) is 33.6. The van der Waals surface area contributed by atoms with Crippen molar-refractivity contribution in [3.8, 4) is 5.88 Å². The van der Waals surface area contributed by atoms with Crippen molar-refractivity contribution in [3.05, 3.63) is 63.1 Å². The van der Waals surface area contributed by atoms with Crippen LogP contribution in [0.25, 0.3) is 0 Å². The molecule has 1 aromatic carbocycles. The molecule has 1 aliphatic rings. The summed E-state index contributed by atoms with van der Waals surface area (Å²) >= 11 is 7.70. The Labute approximate surface area is 202 Å². The van der Waals surface area contributed by atoms with Gasteiger partial charge in [-0.2, -0.15) is 0 Å². The molecule has 9 heteroatoms. The van der Waals surface area contributed by atoms with Gasteiger partial charge >= 0.3 is 6.09 Å². The van der Waals surface area contributed by atoms with Gasteiger partial charge in [0.25, 0.3) is 5.91 Å². The lowest BCUT2D eigenvalue weighted by Crippen LogP contribution is -2.34.